The molecule has 2 rings (SSSR count). The van der Waals surface area contributed by atoms with Gasteiger partial charge in [0.05, 0.1) is 19.1 Å². The zero-order chi connectivity index (χ0) is 31.1. The van der Waals surface area contributed by atoms with E-state index in [1.54, 1.807) is 6.92 Å². The van der Waals surface area contributed by atoms with Crippen LogP contribution in [0.2, 0.25) is 0 Å². The number of para-hydroxylation sites is 1. The van der Waals surface area contributed by atoms with E-state index in [1.807, 2.05) is 58.0 Å². The largest absolute Gasteiger partial charge is 0.493 e. The SMILES string of the molecule is CCCO[C@@H](CC)[C@@H](Oc1ccccc1)[C@H](C)OC(=O)[C@@H](CC(=O)c1nccc(OC)c1OCOC(C)=O)[C@@H](C)CC. The van der Waals surface area contributed by atoms with Crippen LogP contribution in [0.4, 0.5) is 0 Å². The van der Waals surface area contributed by atoms with Gasteiger partial charge in [0.2, 0.25) is 6.79 Å². The average Bonchev–Trinajstić information content (AvgIpc) is 2.99. The van der Waals surface area contributed by atoms with Crippen LogP contribution < -0.4 is 14.2 Å². The second-order valence-corrected chi connectivity index (χ2v) is 10.1. The molecule has 0 aliphatic rings. The molecule has 0 spiro atoms. The highest BCUT2D eigenvalue weighted by atomic mass is 16.7. The molecule has 0 radical (unpaired) electrons. The number of methoxy groups -OCH3 is 1. The Balaban J connectivity index is 2.29. The van der Waals surface area contributed by atoms with Crippen LogP contribution in [0.15, 0.2) is 42.6 Å². The van der Waals surface area contributed by atoms with Gasteiger partial charge in [0, 0.05) is 32.2 Å². The van der Waals surface area contributed by atoms with Crippen molar-refractivity contribution in [2.45, 2.75) is 85.5 Å². The highest BCUT2D eigenvalue weighted by Crippen LogP contribution is 2.33. The normalized spacial score (nSPS) is 14.5. The molecule has 2 aromatic rings. The van der Waals surface area contributed by atoms with E-state index in [1.165, 1.54) is 26.3 Å². The summed E-state index contributed by atoms with van der Waals surface area (Å²) < 4.78 is 34.1. The Kier molecular flexibility index (Phi) is 14.8. The highest BCUT2D eigenvalue weighted by molar-refractivity contribution is 5.99. The Morgan fingerprint density at radius 3 is 2.29 bits per heavy atom. The number of benzene rings is 1. The van der Waals surface area contributed by atoms with Crippen molar-refractivity contribution in [1.82, 2.24) is 4.98 Å². The summed E-state index contributed by atoms with van der Waals surface area (Å²) in [4.78, 5) is 42.6. The van der Waals surface area contributed by atoms with Crippen LogP contribution in [0.1, 0.15) is 77.7 Å². The first-order chi connectivity index (χ1) is 20.2. The molecule has 1 aromatic carbocycles. The minimum Gasteiger partial charge on any atom is -0.493 e. The third kappa shape index (κ3) is 10.3. The van der Waals surface area contributed by atoms with Gasteiger partial charge in [0.15, 0.2) is 29.1 Å². The zero-order valence-electron chi connectivity index (χ0n) is 25.8. The van der Waals surface area contributed by atoms with Gasteiger partial charge in [-0.25, -0.2) is 4.98 Å². The Morgan fingerprint density at radius 1 is 0.976 bits per heavy atom. The Bertz CT molecular complexity index is 1120. The predicted octanol–water partition coefficient (Wildman–Crippen LogP) is 5.81. The maximum atomic E-state index is 13.7. The fourth-order valence-electron chi connectivity index (χ4n) is 4.38. The molecule has 0 fully saturated rings. The van der Waals surface area contributed by atoms with E-state index in [9.17, 15) is 14.4 Å². The van der Waals surface area contributed by atoms with Gasteiger partial charge in [0.25, 0.3) is 0 Å². The molecule has 0 aliphatic carbocycles. The second-order valence-electron chi connectivity index (χ2n) is 10.1. The van der Waals surface area contributed by atoms with Crippen molar-refractivity contribution in [2.75, 3.05) is 20.5 Å². The summed E-state index contributed by atoms with van der Waals surface area (Å²) in [7, 11) is 1.42. The van der Waals surface area contributed by atoms with Gasteiger partial charge in [0.1, 0.15) is 11.9 Å². The molecule has 10 heteroatoms. The van der Waals surface area contributed by atoms with Gasteiger partial charge in [-0.15, -0.1) is 0 Å². The van der Waals surface area contributed by atoms with Crippen molar-refractivity contribution in [3.63, 3.8) is 0 Å². The quantitative estimate of drug-likeness (QED) is 0.113. The summed E-state index contributed by atoms with van der Waals surface area (Å²) in [6.45, 7) is 11.0. The van der Waals surface area contributed by atoms with Crippen LogP contribution in [-0.2, 0) is 23.8 Å². The number of ether oxygens (including phenoxy) is 6. The molecule has 0 bridgehead atoms. The topological polar surface area (TPSA) is 119 Å². The molecule has 10 nitrogen and oxygen atoms in total. The van der Waals surface area contributed by atoms with Gasteiger partial charge in [-0.2, -0.15) is 0 Å². The van der Waals surface area contributed by atoms with Crippen LogP contribution in [0.3, 0.4) is 0 Å². The molecule has 0 amide bonds. The summed E-state index contributed by atoms with van der Waals surface area (Å²) in [5.74, 6) is -1.49. The van der Waals surface area contributed by atoms with Gasteiger partial charge >= 0.3 is 11.9 Å². The first-order valence-corrected chi connectivity index (χ1v) is 14.5. The number of esters is 2. The number of rotatable bonds is 19. The van der Waals surface area contributed by atoms with Crippen molar-refractivity contribution in [3.05, 3.63) is 48.3 Å². The molecule has 0 saturated carbocycles. The number of aromatic nitrogens is 1. The lowest BCUT2D eigenvalue weighted by Crippen LogP contribution is -2.45. The van der Waals surface area contributed by atoms with E-state index in [-0.39, 0.29) is 35.6 Å². The first-order valence-electron chi connectivity index (χ1n) is 14.5. The minimum atomic E-state index is -0.756. The summed E-state index contributed by atoms with van der Waals surface area (Å²) in [6.07, 6.45) is 1.84. The number of carbonyl (C=O) groups excluding carboxylic acids is 3. The van der Waals surface area contributed by atoms with Crippen molar-refractivity contribution in [2.24, 2.45) is 11.8 Å². The van der Waals surface area contributed by atoms with Crippen LogP contribution in [0, 0.1) is 11.8 Å². The number of nitrogens with zero attached hydrogens (tertiary/aromatic N) is 1. The lowest BCUT2D eigenvalue weighted by atomic mass is 9.86. The standard InChI is InChI=1S/C32H45NO9/c1-8-18-38-27(10-3)30(42-24-14-12-11-13-15-24)22(5)41-32(36)25(21(4)9-2)19-26(35)29-31(40-20-39-23(6)34)28(37-7)16-17-33-29/h11-17,21-22,25,27,30H,8-10,18-20H2,1-7H3/t21-,22-,25-,27-,30-/m0/s1. The van der Waals surface area contributed by atoms with Gasteiger partial charge in [-0.05, 0) is 37.8 Å². The molecular formula is C32H45NO9. The molecule has 1 aromatic heterocycles. The maximum Gasteiger partial charge on any atom is 0.310 e. The summed E-state index contributed by atoms with van der Waals surface area (Å²) >= 11 is 0. The smallest absolute Gasteiger partial charge is 0.310 e. The molecular weight excluding hydrogens is 542 g/mol. The lowest BCUT2D eigenvalue weighted by molar-refractivity contribution is -0.165. The third-order valence-corrected chi connectivity index (χ3v) is 6.94. The molecule has 5 atom stereocenters. The number of pyridine rings is 1. The molecule has 1 heterocycles. The van der Waals surface area contributed by atoms with Gasteiger partial charge in [-0.3, -0.25) is 14.4 Å². The fourth-order valence-corrected chi connectivity index (χ4v) is 4.38. The number of ketones is 1. The highest BCUT2D eigenvalue weighted by Gasteiger charge is 2.36. The van der Waals surface area contributed by atoms with Crippen molar-refractivity contribution in [3.8, 4) is 17.2 Å². The van der Waals surface area contributed by atoms with Crippen molar-refractivity contribution in [1.29, 1.82) is 0 Å². The van der Waals surface area contributed by atoms with E-state index in [0.29, 0.717) is 25.2 Å². The Hall–Kier alpha value is -3.66. The molecule has 0 unspecified atom stereocenters. The molecule has 0 N–H and O–H groups in total. The number of hydrogen-bond donors (Lipinski definition) is 0. The molecule has 42 heavy (non-hydrogen) atoms. The Morgan fingerprint density at radius 2 is 1.69 bits per heavy atom. The van der Waals surface area contributed by atoms with Crippen LogP contribution in [-0.4, -0.2) is 61.5 Å². The monoisotopic (exact) mass is 587 g/mol. The van der Waals surface area contributed by atoms with E-state index in [2.05, 4.69) is 4.98 Å². The molecule has 0 saturated heterocycles. The lowest BCUT2D eigenvalue weighted by Gasteiger charge is -2.32. The summed E-state index contributed by atoms with van der Waals surface area (Å²) in [5, 5.41) is 0. The molecule has 232 valence electrons. The number of hydrogen-bond acceptors (Lipinski definition) is 10. The number of carbonyl (C=O) groups is 3. The Labute approximate surface area is 249 Å². The van der Waals surface area contributed by atoms with Crippen LogP contribution in [0.5, 0.6) is 17.2 Å². The van der Waals surface area contributed by atoms with Gasteiger partial charge in [-0.1, -0.05) is 52.3 Å². The molecule has 0 aliphatic heterocycles. The van der Waals surface area contributed by atoms with Crippen LogP contribution >= 0.6 is 0 Å². The predicted molar refractivity (Wildman–Crippen MR) is 157 cm³/mol. The summed E-state index contributed by atoms with van der Waals surface area (Å²) in [5.41, 5.74) is -0.0278. The van der Waals surface area contributed by atoms with E-state index >= 15 is 0 Å². The summed E-state index contributed by atoms with van der Waals surface area (Å²) in [6, 6.07) is 10.9. The van der Waals surface area contributed by atoms with Gasteiger partial charge < -0.3 is 28.4 Å². The van der Waals surface area contributed by atoms with E-state index in [4.69, 9.17) is 28.4 Å². The average molecular weight is 588 g/mol. The maximum absolute atomic E-state index is 13.7. The second kappa shape index (κ2) is 18.0. The minimum absolute atomic E-state index is 0.0278. The number of Topliss-reactive ketones (excluding diaryl/α,β-unsaturated/α-hetero) is 1. The van der Waals surface area contributed by atoms with E-state index < -0.39 is 42.6 Å². The third-order valence-electron chi connectivity index (χ3n) is 6.94. The van der Waals surface area contributed by atoms with Crippen LogP contribution in [0.25, 0.3) is 0 Å². The van der Waals surface area contributed by atoms with Crippen molar-refractivity contribution < 1.29 is 42.8 Å². The first kappa shape index (κ1) is 34.5. The van der Waals surface area contributed by atoms with E-state index in [0.717, 1.165) is 6.42 Å². The zero-order valence-corrected chi connectivity index (χ0v) is 25.8. The van der Waals surface area contributed by atoms with Crippen molar-refractivity contribution >= 4 is 17.7 Å². The fraction of sp³-hybridized carbons (Fsp3) is 0.562.